The van der Waals surface area contributed by atoms with E-state index in [4.69, 9.17) is 14.2 Å². The number of aliphatic hydroxyl groups excluding tert-OH is 2. The van der Waals surface area contributed by atoms with Crippen LogP contribution >= 0.6 is 15.9 Å². The smallest absolute Gasteiger partial charge is 0.311 e. The topological polar surface area (TPSA) is 127 Å². The number of nitrogens with zero attached hydrogens (tertiary/aromatic N) is 1. The number of carbonyl (C=O) groups excluding carboxylic acids is 2. The number of esters is 1. The van der Waals surface area contributed by atoms with Crippen molar-refractivity contribution in [3.05, 3.63) is 52.5 Å². The lowest BCUT2D eigenvalue weighted by molar-refractivity contribution is -0.164. The predicted molar refractivity (Wildman–Crippen MR) is 177 cm³/mol. The highest BCUT2D eigenvalue weighted by Crippen LogP contribution is 2.45. The van der Waals surface area contributed by atoms with E-state index in [-0.39, 0.29) is 61.4 Å². The average molecular weight is 690 g/mol. The summed E-state index contributed by atoms with van der Waals surface area (Å²) in [5.41, 5.74) is 0.662. The van der Waals surface area contributed by atoms with Crippen LogP contribution in [0.4, 0.5) is 0 Å². The molecule has 3 aliphatic rings. The van der Waals surface area contributed by atoms with Crippen molar-refractivity contribution in [2.45, 2.75) is 97.6 Å². The van der Waals surface area contributed by atoms with Gasteiger partial charge in [-0.05, 0) is 97.3 Å². The minimum atomic E-state index is -1.02. The molecule has 8 atom stereocenters. The van der Waals surface area contributed by atoms with Gasteiger partial charge in [-0.2, -0.15) is 0 Å². The first kappa shape index (κ1) is 35.2. The number of fused-ring (bicyclic) bond motifs is 1. The summed E-state index contributed by atoms with van der Waals surface area (Å²) in [6, 6.07) is 7.61. The standard InChI is InChI=1S/C35H49BrN2O7/c1-6-35(4,5)33(42)45-30-16-21(2)15-23-12-11-22(3)27(32(23)30)14-13-24(39)17-25(40)18-31(41)38-34-37-19-26(44-34)20-43-29-10-8-7-9-28(29)36/h7-12,15,21-22,24-27,30,32,39-40H,6,13-14,16-20H2,1-5H3,(H,37,38,41)/t21-,22-,24+,25+,26?,27-,30-,32-/m0/s1. The highest BCUT2D eigenvalue weighted by atomic mass is 79.9. The van der Waals surface area contributed by atoms with Gasteiger partial charge in [-0.15, -0.1) is 0 Å². The Hall–Kier alpha value is -2.69. The molecule has 0 saturated heterocycles. The van der Waals surface area contributed by atoms with Crippen molar-refractivity contribution in [1.82, 2.24) is 5.32 Å². The zero-order valence-electron chi connectivity index (χ0n) is 27.1. The summed E-state index contributed by atoms with van der Waals surface area (Å²) >= 11 is 3.44. The lowest BCUT2D eigenvalue weighted by atomic mass is 9.65. The number of amidine groups is 1. The summed E-state index contributed by atoms with van der Waals surface area (Å²) in [6.07, 6.45) is 6.87. The van der Waals surface area contributed by atoms with E-state index in [0.29, 0.717) is 37.5 Å². The van der Waals surface area contributed by atoms with Gasteiger partial charge in [-0.25, -0.2) is 4.99 Å². The molecule has 0 fully saturated rings. The number of para-hydroxylation sites is 1. The molecule has 10 heteroatoms. The predicted octanol–water partition coefficient (Wildman–Crippen LogP) is 5.73. The number of carbonyl (C=O) groups is 2. The fourth-order valence-electron chi connectivity index (χ4n) is 6.26. The SMILES string of the molecule is CCC(C)(C)C(=O)O[C@H]1C[C@@H](C)C=C2C=C[C@H](C)[C@H](CC[C@@H](O)C[C@@H](O)CC(=O)NC3=NCC(COc4ccccc4Br)O3)[C@H]21. The third kappa shape index (κ3) is 9.66. The highest BCUT2D eigenvalue weighted by molar-refractivity contribution is 9.10. The van der Waals surface area contributed by atoms with E-state index >= 15 is 0 Å². The van der Waals surface area contributed by atoms with Crippen LogP contribution in [0, 0.1) is 29.1 Å². The molecule has 45 heavy (non-hydrogen) atoms. The molecule has 248 valence electrons. The fourth-order valence-corrected chi connectivity index (χ4v) is 6.66. The molecule has 0 bridgehead atoms. The van der Waals surface area contributed by atoms with Crippen molar-refractivity contribution >= 4 is 33.8 Å². The number of aliphatic imine (C=N–C) groups is 1. The van der Waals surface area contributed by atoms with Crippen molar-refractivity contribution in [1.29, 1.82) is 0 Å². The first-order valence-electron chi connectivity index (χ1n) is 16.2. The normalized spacial score (nSPS) is 27.4. The van der Waals surface area contributed by atoms with Gasteiger partial charge in [0.2, 0.25) is 5.91 Å². The number of hydrogen-bond acceptors (Lipinski definition) is 8. The van der Waals surface area contributed by atoms with Crippen LogP contribution in [0.15, 0.2) is 57.5 Å². The Morgan fingerprint density at radius 2 is 1.96 bits per heavy atom. The largest absolute Gasteiger partial charge is 0.488 e. The highest BCUT2D eigenvalue weighted by Gasteiger charge is 2.43. The summed E-state index contributed by atoms with van der Waals surface area (Å²) in [6.45, 7) is 10.8. The molecule has 1 aliphatic heterocycles. The van der Waals surface area contributed by atoms with E-state index in [1.807, 2.05) is 45.0 Å². The molecule has 1 unspecified atom stereocenters. The van der Waals surface area contributed by atoms with Crippen molar-refractivity contribution in [3.8, 4) is 5.75 Å². The van der Waals surface area contributed by atoms with Gasteiger partial charge in [0.25, 0.3) is 6.02 Å². The Balaban J connectivity index is 1.23. The number of hydrogen-bond donors (Lipinski definition) is 3. The van der Waals surface area contributed by atoms with Crippen LogP contribution in [0.3, 0.4) is 0 Å². The molecule has 0 aromatic heterocycles. The first-order valence-corrected chi connectivity index (χ1v) is 17.0. The Kier molecular flexibility index (Phi) is 12.3. The second-order valence-corrected chi connectivity index (χ2v) is 14.3. The number of rotatable bonds is 13. The summed E-state index contributed by atoms with van der Waals surface area (Å²) in [4.78, 5) is 29.8. The Morgan fingerprint density at radius 1 is 1.20 bits per heavy atom. The minimum Gasteiger partial charge on any atom is -0.488 e. The van der Waals surface area contributed by atoms with Crippen molar-refractivity contribution in [2.75, 3.05) is 13.2 Å². The van der Waals surface area contributed by atoms with E-state index < -0.39 is 23.5 Å². The van der Waals surface area contributed by atoms with Gasteiger partial charge in [0, 0.05) is 5.92 Å². The van der Waals surface area contributed by atoms with Crippen LogP contribution in [0.25, 0.3) is 0 Å². The molecule has 1 heterocycles. The minimum absolute atomic E-state index is 0.0661. The maximum absolute atomic E-state index is 13.0. The first-order chi connectivity index (χ1) is 21.4. The van der Waals surface area contributed by atoms with E-state index in [1.54, 1.807) is 0 Å². The number of allylic oxidation sites excluding steroid dienone is 3. The second-order valence-electron chi connectivity index (χ2n) is 13.5. The van der Waals surface area contributed by atoms with Gasteiger partial charge in [-0.1, -0.05) is 51.1 Å². The zero-order valence-corrected chi connectivity index (χ0v) is 28.7. The van der Waals surface area contributed by atoms with Crippen LogP contribution in [0.2, 0.25) is 0 Å². The molecule has 2 aliphatic carbocycles. The number of ether oxygens (including phenoxy) is 3. The summed E-state index contributed by atoms with van der Waals surface area (Å²) in [5, 5.41) is 24.1. The maximum atomic E-state index is 13.0. The van der Waals surface area contributed by atoms with Gasteiger partial charge in [0.1, 0.15) is 18.5 Å². The number of aliphatic hydroxyl groups is 2. The number of nitrogens with one attached hydrogen (secondary N) is 1. The van der Waals surface area contributed by atoms with Crippen LogP contribution in [-0.4, -0.2) is 65.7 Å². The van der Waals surface area contributed by atoms with E-state index in [2.05, 4.69) is 58.3 Å². The van der Waals surface area contributed by atoms with Gasteiger partial charge < -0.3 is 24.4 Å². The van der Waals surface area contributed by atoms with Crippen LogP contribution < -0.4 is 10.1 Å². The van der Waals surface area contributed by atoms with Gasteiger partial charge in [-0.3, -0.25) is 14.9 Å². The Bertz CT molecular complexity index is 1280. The third-order valence-electron chi connectivity index (χ3n) is 9.31. The van der Waals surface area contributed by atoms with E-state index in [9.17, 15) is 19.8 Å². The molecule has 9 nitrogen and oxygen atoms in total. The monoisotopic (exact) mass is 688 g/mol. The molecule has 1 amide bonds. The van der Waals surface area contributed by atoms with Gasteiger partial charge in [0.05, 0.1) is 35.1 Å². The van der Waals surface area contributed by atoms with Crippen LogP contribution in [0.1, 0.15) is 73.1 Å². The maximum Gasteiger partial charge on any atom is 0.311 e. The van der Waals surface area contributed by atoms with Crippen molar-refractivity contribution in [3.63, 3.8) is 0 Å². The zero-order chi connectivity index (χ0) is 32.7. The fraction of sp³-hybridized carbons (Fsp3) is 0.629. The molecule has 1 aromatic rings. The van der Waals surface area contributed by atoms with Crippen molar-refractivity contribution < 1.29 is 34.0 Å². The Morgan fingerprint density at radius 3 is 2.69 bits per heavy atom. The molecule has 0 saturated carbocycles. The molecule has 4 rings (SSSR count). The number of amides is 1. The van der Waals surface area contributed by atoms with E-state index in [1.165, 1.54) is 5.57 Å². The average Bonchev–Trinajstić information content (AvgIpc) is 3.42. The quantitative estimate of drug-likeness (QED) is 0.226. The molecule has 0 radical (unpaired) electrons. The lowest BCUT2D eigenvalue weighted by Crippen LogP contribution is -2.43. The summed E-state index contributed by atoms with van der Waals surface area (Å²) < 4.78 is 18.5. The molecule has 1 aromatic carbocycles. The van der Waals surface area contributed by atoms with E-state index in [0.717, 1.165) is 10.9 Å². The number of halogens is 1. The lowest BCUT2D eigenvalue weighted by Gasteiger charge is -2.44. The van der Waals surface area contributed by atoms with Gasteiger partial charge in [0.15, 0.2) is 6.10 Å². The van der Waals surface area contributed by atoms with Crippen LogP contribution in [0.5, 0.6) is 5.75 Å². The molecule has 3 N–H and O–H groups in total. The number of benzene rings is 1. The molecular weight excluding hydrogens is 640 g/mol. The van der Waals surface area contributed by atoms with Crippen molar-refractivity contribution in [2.24, 2.45) is 34.1 Å². The Labute approximate surface area is 275 Å². The molecule has 0 spiro atoms. The third-order valence-corrected chi connectivity index (χ3v) is 9.97. The molecular formula is C35H49BrN2O7. The summed E-state index contributed by atoms with van der Waals surface area (Å²) in [5.74, 6) is 0.904. The van der Waals surface area contributed by atoms with Gasteiger partial charge >= 0.3 is 5.97 Å². The van der Waals surface area contributed by atoms with Crippen LogP contribution in [-0.2, 0) is 19.1 Å². The second kappa shape index (κ2) is 15.7. The summed E-state index contributed by atoms with van der Waals surface area (Å²) in [7, 11) is 0.